The first-order valence-electron chi connectivity index (χ1n) is 6.65. The Morgan fingerprint density at radius 1 is 1.53 bits per heavy atom. The van der Waals surface area contributed by atoms with E-state index in [9.17, 15) is 4.79 Å². The molecular weight excluding hydrogens is 258 g/mol. The number of piperidine rings is 1. The quantitative estimate of drug-likeness (QED) is 0.790. The van der Waals surface area contributed by atoms with E-state index in [-0.39, 0.29) is 5.91 Å². The molecule has 1 fully saturated rings. The summed E-state index contributed by atoms with van der Waals surface area (Å²) in [6, 6.07) is 0.359. The molecule has 0 radical (unpaired) electrons. The van der Waals surface area contributed by atoms with Gasteiger partial charge in [0.15, 0.2) is 4.96 Å². The average Bonchev–Trinajstić information content (AvgIpc) is 3.00. The maximum Gasteiger partial charge on any atom is 0.246 e. The Balaban J connectivity index is 1.75. The standard InChI is InChI=1S/C14H17N3OS/c1-11-4-2-3-7-16(11)13(18)6-5-12-10-15-14-17(12)8-9-19-14/h5-6,8-11H,2-4,7H2,1H3/b6-5+. The molecule has 1 unspecified atom stereocenters. The highest BCUT2D eigenvalue weighted by Gasteiger charge is 2.21. The third-order valence-corrected chi connectivity index (χ3v) is 4.43. The van der Waals surface area contributed by atoms with Crippen molar-refractivity contribution in [2.24, 2.45) is 0 Å². The average molecular weight is 275 g/mol. The number of likely N-dealkylation sites (tertiary alicyclic amines) is 1. The lowest BCUT2D eigenvalue weighted by Crippen LogP contribution is -2.41. The Hall–Kier alpha value is -1.62. The maximum absolute atomic E-state index is 12.2. The Labute approximate surface area is 116 Å². The van der Waals surface area contributed by atoms with Crippen LogP contribution in [0.4, 0.5) is 0 Å². The van der Waals surface area contributed by atoms with Crippen molar-refractivity contribution in [1.29, 1.82) is 0 Å². The van der Waals surface area contributed by atoms with Crippen LogP contribution in [-0.4, -0.2) is 32.8 Å². The predicted octanol–water partition coefficient (Wildman–Crippen LogP) is 2.81. The molecule has 0 aliphatic carbocycles. The zero-order valence-electron chi connectivity index (χ0n) is 11.0. The zero-order valence-corrected chi connectivity index (χ0v) is 11.8. The van der Waals surface area contributed by atoms with Crippen LogP contribution in [0.15, 0.2) is 23.8 Å². The minimum absolute atomic E-state index is 0.109. The van der Waals surface area contributed by atoms with Crippen molar-refractivity contribution >= 4 is 28.3 Å². The van der Waals surface area contributed by atoms with Crippen LogP contribution in [0.3, 0.4) is 0 Å². The molecule has 2 aromatic heterocycles. The van der Waals surface area contributed by atoms with Crippen molar-refractivity contribution in [2.75, 3.05) is 6.54 Å². The van der Waals surface area contributed by atoms with Crippen LogP contribution in [0.25, 0.3) is 11.0 Å². The largest absolute Gasteiger partial charge is 0.336 e. The van der Waals surface area contributed by atoms with Gasteiger partial charge in [0.1, 0.15) is 0 Å². The van der Waals surface area contributed by atoms with Gasteiger partial charge in [-0.15, -0.1) is 11.3 Å². The van der Waals surface area contributed by atoms with E-state index < -0.39 is 0 Å². The van der Waals surface area contributed by atoms with E-state index in [1.165, 1.54) is 6.42 Å². The Bertz CT molecular complexity index is 613. The molecule has 1 saturated heterocycles. The van der Waals surface area contributed by atoms with Gasteiger partial charge in [0.25, 0.3) is 0 Å². The molecular formula is C14H17N3OS. The molecule has 1 amide bonds. The molecule has 0 aromatic carbocycles. The molecule has 100 valence electrons. The molecule has 3 rings (SSSR count). The summed E-state index contributed by atoms with van der Waals surface area (Å²) in [7, 11) is 0. The smallest absolute Gasteiger partial charge is 0.246 e. The number of nitrogens with zero attached hydrogens (tertiary/aromatic N) is 3. The molecule has 5 heteroatoms. The second-order valence-electron chi connectivity index (χ2n) is 4.95. The number of amides is 1. The van der Waals surface area contributed by atoms with E-state index >= 15 is 0 Å². The van der Waals surface area contributed by atoms with E-state index in [0.29, 0.717) is 6.04 Å². The number of hydrogen-bond donors (Lipinski definition) is 0. The van der Waals surface area contributed by atoms with Gasteiger partial charge in [0.2, 0.25) is 5.91 Å². The molecule has 0 saturated carbocycles. The lowest BCUT2D eigenvalue weighted by Gasteiger charge is -2.32. The molecule has 19 heavy (non-hydrogen) atoms. The highest BCUT2D eigenvalue weighted by Crippen LogP contribution is 2.18. The van der Waals surface area contributed by atoms with Gasteiger partial charge in [-0.1, -0.05) is 0 Å². The fourth-order valence-corrected chi connectivity index (χ4v) is 3.24. The predicted molar refractivity (Wildman–Crippen MR) is 77.1 cm³/mol. The summed E-state index contributed by atoms with van der Waals surface area (Å²) < 4.78 is 1.99. The molecule has 1 aliphatic rings. The monoisotopic (exact) mass is 275 g/mol. The van der Waals surface area contributed by atoms with Crippen LogP contribution in [0.1, 0.15) is 31.9 Å². The van der Waals surface area contributed by atoms with E-state index in [4.69, 9.17) is 0 Å². The topological polar surface area (TPSA) is 37.6 Å². The Morgan fingerprint density at radius 3 is 3.26 bits per heavy atom. The number of carbonyl (C=O) groups excluding carboxylic acids is 1. The molecule has 1 atom stereocenters. The lowest BCUT2D eigenvalue weighted by molar-refractivity contribution is -0.129. The van der Waals surface area contributed by atoms with Gasteiger partial charge in [-0.3, -0.25) is 9.20 Å². The van der Waals surface area contributed by atoms with Gasteiger partial charge >= 0.3 is 0 Å². The van der Waals surface area contributed by atoms with E-state index in [0.717, 1.165) is 30.0 Å². The Morgan fingerprint density at radius 2 is 2.42 bits per heavy atom. The van der Waals surface area contributed by atoms with Crippen molar-refractivity contribution in [3.05, 3.63) is 29.5 Å². The summed E-state index contributed by atoms with van der Waals surface area (Å²) in [5.41, 5.74) is 0.953. The second-order valence-corrected chi connectivity index (χ2v) is 5.82. The van der Waals surface area contributed by atoms with Gasteiger partial charge in [0.05, 0.1) is 11.9 Å². The summed E-state index contributed by atoms with van der Waals surface area (Å²) in [5.74, 6) is 0.109. The highest BCUT2D eigenvalue weighted by atomic mass is 32.1. The van der Waals surface area contributed by atoms with Crippen molar-refractivity contribution < 1.29 is 4.79 Å². The summed E-state index contributed by atoms with van der Waals surface area (Å²) in [4.78, 5) is 19.4. The van der Waals surface area contributed by atoms with Gasteiger partial charge in [0, 0.05) is 30.2 Å². The summed E-state index contributed by atoms with van der Waals surface area (Å²) in [6.45, 7) is 3.01. The lowest BCUT2D eigenvalue weighted by atomic mass is 10.0. The van der Waals surface area contributed by atoms with Crippen molar-refractivity contribution in [1.82, 2.24) is 14.3 Å². The number of rotatable bonds is 2. The summed E-state index contributed by atoms with van der Waals surface area (Å²) in [6.07, 6.45) is 10.8. The van der Waals surface area contributed by atoms with Crippen LogP contribution >= 0.6 is 11.3 Å². The molecule has 0 bridgehead atoms. The van der Waals surface area contributed by atoms with E-state index in [1.807, 2.05) is 27.0 Å². The normalized spacial score (nSPS) is 20.5. The molecule has 4 nitrogen and oxygen atoms in total. The number of aromatic nitrogens is 2. The third-order valence-electron chi connectivity index (χ3n) is 3.66. The molecule has 1 aliphatic heterocycles. The number of thiazole rings is 1. The minimum Gasteiger partial charge on any atom is -0.336 e. The van der Waals surface area contributed by atoms with Gasteiger partial charge in [-0.05, 0) is 32.3 Å². The van der Waals surface area contributed by atoms with Gasteiger partial charge < -0.3 is 4.90 Å². The van der Waals surface area contributed by atoms with Crippen LogP contribution in [0, 0.1) is 0 Å². The number of fused-ring (bicyclic) bond motifs is 1. The summed E-state index contributed by atoms with van der Waals surface area (Å²) >= 11 is 1.59. The zero-order chi connectivity index (χ0) is 13.2. The third kappa shape index (κ3) is 2.42. The number of imidazole rings is 1. The SMILES string of the molecule is CC1CCCCN1C(=O)/C=C/c1cnc2sccn12. The molecule has 0 spiro atoms. The molecule has 0 N–H and O–H groups in total. The Kier molecular flexibility index (Phi) is 3.38. The van der Waals surface area contributed by atoms with Crippen LogP contribution in [0.5, 0.6) is 0 Å². The van der Waals surface area contributed by atoms with Crippen LogP contribution < -0.4 is 0 Å². The fourth-order valence-electron chi connectivity index (χ4n) is 2.55. The maximum atomic E-state index is 12.2. The minimum atomic E-state index is 0.109. The van der Waals surface area contributed by atoms with Crippen molar-refractivity contribution in [3.63, 3.8) is 0 Å². The first kappa shape index (κ1) is 12.4. The molecule has 2 aromatic rings. The number of carbonyl (C=O) groups is 1. The van der Waals surface area contributed by atoms with Crippen LogP contribution in [-0.2, 0) is 4.79 Å². The first-order valence-corrected chi connectivity index (χ1v) is 7.53. The van der Waals surface area contributed by atoms with E-state index in [2.05, 4.69) is 11.9 Å². The summed E-state index contributed by atoms with van der Waals surface area (Å²) in [5, 5.41) is 1.99. The van der Waals surface area contributed by atoms with Crippen molar-refractivity contribution in [3.8, 4) is 0 Å². The van der Waals surface area contributed by atoms with Crippen molar-refractivity contribution in [2.45, 2.75) is 32.2 Å². The van der Waals surface area contributed by atoms with Gasteiger partial charge in [-0.25, -0.2) is 4.98 Å². The van der Waals surface area contributed by atoms with Crippen LogP contribution in [0.2, 0.25) is 0 Å². The highest BCUT2D eigenvalue weighted by molar-refractivity contribution is 7.15. The van der Waals surface area contributed by atoms with Gasteiger partial charge in [-0.2, -0.15) is 0 Å². The number of hydrogen-bond acceptors (Lipinski definition) is 3. The van der Waals surface area contributed by atoms with E-state index in [1.54, 1.807) is 23.6 Å². The second kappa shape index (κ2) is 5.17. The fraction of sp³-hybridized carbons (Fsp3) is 0.429. The molecule has 3 heterocycles. The first-order chi connectivity index (χ1) is 9.25.